The molecule has 0 aliphatic rings. The third-order valence-electron chi connectivity index (χ3n) is 2.47. The number of ether oxygens (including phenoxy) is 1. The van der Waals surface area contributed by atoms with Crippen LogP contribution in [0.2, 0.25) is 0 Å². The minimum Gasteiger partial charge on any atom is -0.494 e. The van der Waals surface area contributed by atoms with Crippen molar-refractivity contribution in [2.24, 2.45) is 0 Å². The summed E-state index contributed by atoms with van der Waals surface area (Å²) in [7, 11) is 1.83. The van der Waals surface area contributed by atoms with Crippen molar-refractivity contribution in [2.45, 2.75) is 12.8 Å². The molecule has 6 heteroatoms. The summed E-state index contributed by atoms with van der Waals surface area (Å²) in [5, 5.41) is 21.5. The monoisotopic (exact) mass is 274 g/mol. The van der Waals surface area contributed by atoms with E-state index in [0.29, 0.717) is 12.2 Å². The second-order valence-corrected chi connectivity index (χ2v) is 4.90. The van der Waals surface area contributed by atoms with Gasteiger partial charge < -0.3 is 10.1 Å². The summed E-state index contributed by atoms with van der Waals surface area (Å²) in [6.07, 6.45) is 1.74. The first-order valence-corrected chi connectivity index (χ1v) is 6.76. The molecule has 0 amide bonds. The Morgan fingerprint density at radius 3 is 2.74 bits per heavy atom. The molecule has 2 aromatic rings. The van der Waals surface area contributed by atoms with Crippen molar-refractivity contribution in [3.8, 4) is 11.8 Å². The van der Waals surface area contributed by atoms with Crippen molar-refractivity contribution in [1.82, 2.24) is 10.2 Å². The van der Waals surface area contributed by atoms with Crippen LogP contribution in [0.15, 0.2) is 24.3 Å². The van der Waals surface area contributed by atoms with Gasteiger partial charge in [0.05, 0.1) is 18.2 Å². The fourth-order valence-electron chi connectivity index (χ4n) is 1.49. The van der Waals surface area contributed by atoms with Crippen LogP contribution in [0.1, 0.15) is 17.0 Å². The Hall–Kier alpha value is -2.13. The number of aromatic nitrogens is 2. The molecule has 0 spiro atoms. The second-order valence-electron chi connectivity index (χ2n) is 3.84. The highest BCUT2D eigenvalue weighted by molar-refractivity contribution is 7.15. The van der Waals surface area contributed by atoms with E-state index in [9.17, 15) is 0 Å². The Balaban J connectivity index is 1.72. The van der Waals surface area contributed by atoms with Crippen LogP contribution in [0.5, 0.6) is 5.75 Å². The lowest BCUT2D eigenvalue weighted by molar-refractivity contribution is 0.311. The molecule has 0 unspecified atom stereocenters. The zero-order chi connectivity index (χ0) is 13.5. The molecule has 0 saturated heterocycles. The van der Waals surface area contributed by atoms with E-state index >= 15 is 0 Å². The maximum atomic E-state index is 8.68. The molecule has 0 bridgehead atoms. The van der Waals surface area contributed by atoms with E-state index in [1.165, 1.54) is 0 Å². The van der Waals surface area contributed by atoms with E-state index in [1.807, 2.05) is 19.2 Å². The normalized spacial score (nSPS) is 9.89. The molecule has 0 aliphatic carbocycles. The topological polar surface area (TPSA) is 70.8 Å². The van der Waals surface area contributed by atoms with Crippen molar-refractivity contribution < 1.29 is 4.74 Å². The Bertz CT molecular complexity index is 559. The molecule has 98 valence electrons. The maximum absolute atomic E-state index is 8.68. The van der Waals surface area contributed by atoms with Crippen LogP contribution >= 0.6 is 11.3 Å². The van der Waals surface area contributed by atoms with E-state index in [-0.39, 0.29) is 0 Å². The molecule has 19 heavy (non-hydrogen) atoms. The average molecular weight is 274 g/mol. The van der Waals surface area contributed by atoms with Crippen LogP contribution in [0.4, 0.5) is 5.13 Å². The van der Waals surface area contributed by atoms with Gasteiger partial charge >= 0.3 is 0 Å². The number of nitrogens with one attached hydrogen (secondary N) is 1. The SMILES string of the molecule is CNc1nnc(CCCOc2ccc(C#N)cc2)s1. The number of nitriles is 1. The Kier molecular flexibility index (Phi) is 4.70. The fraction of sp³-hybridized carbons (Fsp3) is 0.308. The van der Waals surface area contributed by atoms with Crippen molar-refractivity contribution in [3.05, 3.63) is 34.8 Å². The van der Waals surface area contributed by atoms with Gasteiger partial charge in [0.1, 0.15) is 10.8 Å². The quantitative estimate of drug-likeness (QED) is 0.819. The molecular formula is C13H14N4OS. The van der Waals surface area contributed by atoms with Crippen molar-refractivity contribution in [3.63, 3.8) is 0 Å². The third kappa shape index (κ3) is 3.93. The largest absolute Gasteiger partial charge is 0.494 e. The lowest BCUT2D eigenvalue weighted by Gasteiger charge is -2.04. The van der Waals surface area contributed by atoms with E-state index in [4.69, 9.17) is 10.00 Å². The number of hydrogen-bond acceptors (Lipinski definition) is 6. The first kappa shape index (κ1) is 13.3. The first-order chi connectivity index (χ1) is 9.31. The summed E-state index contributed by atoms with van der Waals surface area (Å²) < 4.78 is 5.59. The summed E-state index contributed by atoms with van der Waals surface area (Å²) >= 11 is 1.56. The molecular weight excluding hydrogens is 260 g/mol. The summed E-state index contributed by atoms with van der Waals surface area (Å²) in [5.41, 5.74) is 0.640. The number of hydrogen-bond donors (Lipinski definition) is 1. The van der Waals surface area contributed by atoms with E-state index in [2.05, 4.69) is 21.6 Å². The van der Waals surface area contributed by atoms with Crippen LogP contribution in [0, 0.1) is 11.3 Å². The number of aryl methyl sites for hydroxylation is 1. The van der Waals surface area contributed by atoms with Crippen LogP contribution in [0.25, 0.3) is 0 Å². The highest BCUT2D eigenvalue weighted by Crippen LogP contribution is 2.16. The van der Waals surface area contributed by atoms with Crippen LogP contribution in [0.3, 0.4) is 0 Å². The lowest BCUT2D eigenvalue weighted by Crippen LogP contribution is -1.99. The zero-order valence-electron chi connectivity index (χ0n) is 10.6. The smallest absolute Gasteiger partial charge is 0.205 e. The predicted molar refractivity (Wildman–Crippen MR) is 74.4 cm³/mol. The molecule has 0 saturated carbocycles. The molecule has 0 aliphatic heterocycles. The van der Waals surface area contributed by atoms with Gasteiger partial charge in [0, 0.05) is 13.5 Å². The second kappa shape index (κ2) is 6.71. The fourth-order valence-corrected chi connectivity index (χ4v) is 2.23. The molecule has 2 rings (SSSR count). The van der Waals surface area contributed by atoms with E-state index in [1.54, 1.807) is 23.5 Å². The Morgan fingerprint density at radius 2 is 2.11 bits per heavy atom. The number of nitrogens with zero attached hydrogens (tertiary/aromatic N) is 3. The summed E-state index contributed by atoms with van der Waals surface area (Å²) in [4.78, 5) is 0. The molecule has 5 nitrogen and oxygen atoms in total. The minimum atomic E-state index is 0.625. The van der Waals surface area contributed by atoms with Gasteiger partial charge in [-0.15, -0.1) is 10.2 Å². The van der Waals surface area contributed by atoms with Crippen LogP contribution in [-0.2, 0) is 6.42 Å². The van der Waals surface area contributed by atoms with Gasteiger partial charge in [-0.2, -0.15) is 5.26 Å². The Labute approximate surface area is 115 Å². The predicted octanol–water partition coefficient (Wildman–Crippen LogP) is 2.46. The summed E-state index contributed by atoms with van der Waals surface area (Å²) in [5.74, 6) is 0.784. The highest BCUT2D eigenvalue weighted by Gasteiger charge is 2.02. The lowest BCUT2D eigenvalue weighted by atomic mass is 10.2. The Morgan fingerprint density at radius 1 is 1.32 bits per heavy atom. The standard InChI is InChI=1S/C13H14N4OS/c1-15-13-17-16-12(19-13)3-2-8-18-11-6-4-10(9-14)5-7-11/h4-7H,2-3,8H2,1H3,(H,15,17). The summed E-state index contributed by atoms with van der Waals surface area (Å²) in [6, 6.07) is 9.19. The molecule has 1 aromatic carbocycles. The van der Waals surface area contributed by atoms with E-state index < -0.39 is 0 Å². The molecule has 1 N–H and O–H groups in total. The van der Waals surface area contributed by atoms with Crippen molar-refractivity contribution in [1.29, 1.82) is 5.26 Å². The molecule has 0 fully saturated rings. The average Bonchev–Trinajstić information content (AvgIpc) is 2.92. The van der Waals surface area contributed by atoms with Gasteiger partial charge in [0.2, 0.25) is 5.13 Å². The van der Waals surface area contributed by atoms with Gasteiger partial charge in [-0.25, -0.2) is 0 Å². The van der Waals surface area contributed by atoms with Crippen molar-refractivity contribution >= 4 is 16.5 Å². The van der Waals surface area contributed by atoms with Crippen LogP contribution in [-0.4, -0.2) is 23.9 Å². The number of benzene rings is 1. The maximum Gasteiger partial charge on any atom is 0.205 e. The first-order valence-electron chi connectivity index (χ1n) is 5.95. The van der Waals surface area contributed by atoms with Crippen molar-refractivity contribution in [2.75, 3.05) is 19.0 Å². The molecule has 1 heterocycles. The van der Waals surface area contributed by atoms with Gasteiger partial charge in [-0.1, -0.05) is 11.3 Å². The molecule has 1 aromatic heterocycles. The van der Waals surface area contributed by atoms with Crippen LogP contribution < -0.4 is 10.1 Å². The van der Waals surface area contributed by atoms with Gasteiger partial charge in [0.25, 0.3) is 0 Å². The molecule has 0 radical (unpaired) electrons. The summed E-state index contributed by atoms with van der Waals surface area (Å²) in [6.45, 7) is 0.625. The number of rotatable bonds is 6. The van der Waals surface area contributed by atoms with Gasteiger partial charge in [0.15, 0.2) is 0 Å². The third-order valence-corrected chi connectivity index (χ3v) is 3.47. The highest BCUT2D eigenvalue weighted by atomic mass is 32.1. The van der Waals surface area contributed by atoms with E-state index in [0.717, 1.165) is 28.7 Å². The number of anilines is 1. The van der Waals surface area contributed by atoms with Gasteiger partial charge in [-0.05, 0) is 30.7 Å². The molecule has 0 atom stereocenters. The van der Waals surface area contributed by atoms with Gasteiger partial charge in [-0.3, -0.25) is 0 Å². The minimum absolute atomic E-state index is 0.625. The zero-order valence-corrected chi connectivity index (χ0v) is 11.4.